The van der Waals surface area contributed by atoms with Crippen LogP contribution in [-0.2, 0) is 0 Å². The molecule has 0 aliphatic carbocycles. The van der Waals surface area contributed by atoms with E-state index in [2.05, 4.69) is 12.2 Å². The summed E-state index contributed by atoms with van der Waals surface area (Å²) >= 11 is 0. The number of ether oxygens (including phenoxy) is 2. The maximum absolute atomic E-state index is 11.5. The number of hydrogen-bond donors (Lipinski definition) is 3. The van der Waals surface area contributed by atoms with Gasteiger partial charge < -0.3 is 25.0 Å². The average molecular weight is 450 g/mol. The Kier molecular flexibility index (Phi) is 9.30. The first-order valence-electron chi connectivity index (χ1n) is 11.3. The van der Waals surface area contributed by atoms with Crippen molar-refractivity contribution in [1.29, 1.82) is 0 Å². The molecule has 0 fully saturated rings. The molecule has 3 aromatic rings. The second-order valence-electron chi connectivity index (χ2n) is 7.72. The van der Waals surface area contributed by atoms with Crippen molar-refractivity contribution in [1.82, 2.24) is 5.32 Å². The van der Waals surface area contributed by atoms with E-state index in [1.165, 1.54) is 0 Å². The lowest BCUT2D eigenvalue weighted by molar-refractivity contribution is 0.0692. The van der Waals surface area contributed by atoms with E-state index in [0.717, 1.165) is 35.3 Å². The lowest BCUT2D eigenvalue weighted by atomic mass is 10.0. The summed E-state index contributed by atoms with van der Waals surface area (Å²) in [5.74, 6) is 0.130. The smallest absolute Gasteiger partial charge is 0.339 e. The molecule has 6 heteroatoms. The minimum atomic E-state index is -0.998. The van der Waals surface area contributed by atoms with Crippen LogP contribution < -0.4 is 14.8 Å². The molecule has 33 heavy (non-hydrogen) atoms. The van der Waals surface area contributed by atoms with Crippen LogP contribution in [0.4, 0.5) is 0 Å². The molecule has 0 aromatic heterocycles. The summed E-state index contributed by atoms with van der Waals surface area (Å²) in [7, 11) is 0. The third-order valence-corrected chi connectivity index (χ3v) is 5.22. The molecule has 6 nitrogen and oxygen atoms in total. The zero-order valence-corrected chi connectivity index (χ0v) is 18.9. The van der Waals surface area contributed by atoms with Gasteiger partial charge in [0.05, 0.1) is 12.7 Å². The molecule has 0 heterocycles. The van der Waals surface area contributed by atoms with Gasteiger partial charge in [-0.2, -0.15) is 0 Å². The maximum Gasteiger partial charge on any atom is 0.339 e. The summed E-state index contributed by atoms with van der Waals surface area (Å²) in [4.78, 5) is 11.5. The number of aliphatic hydroxyl groups excluding tert-OH is 1. The van der Waals surface area contributed by atoms with E-state index in [-0.39, 0.29) is 5.56 Å². The molecule has 174 valence electrons. The summed E-state index contributed by atoms with van der Waals surface area (Å²) in [6, 6.07) is 22.3. The monoisotopic (exact) mass is 449 g/mol. The van der Waals surface area contributed by atoms with Gasteiger partial charge in [0.15, 0.2) is 0 Å². The molecule has 0 aliphatic heterocycles. The van der Waals surface area contributed by atoms with E-state index in [0.29, 0.717) is 32.1 Å². The number of nitrogens with one attached hydrogen (secondary N) is 1. The highest BCUT2D eigenvalue weighted by atomic mass is 16.5. The minimum Gasteiger partial charge on any atom is -0.493 e. The topological polar surface area (TPSA) is 88.0 Å². The van der Waals surface area contributed by atoms with Crippen molar-refractivity contribution in [3.63, 3.8) is 0 Å². The predicted octanol–water partition coefficient (Wildman–Crippen LogP) is 4.93. The standard InChI is InChI=1S/C27H31NO5/c1-2-3-16-33-26-18-22(11-14-24(26)27(30)31)20-9-12-23(13-10-20)32-17-15-28-19-25(29)21-7-5-4-6-8-21/h4-14,18,25,28-29H,2-3,15-17,19H2,1H3,(H,30,31)/t25-/m1/s1. The van der Waals surface area contributed by atoms with Crippen molar-refractivity contribution in [2.75, 3.05) is 26.3 Å². The van der Waals surface area contributed by atoms with Crippen LogP contribution in [0.2, 0.25) is 0 Å². The first-order chi connectivity index (χ1) is 16.1. The Morgan fingerprint density at radius 1 is 0.939 bits per heavy atom. The van der Waals surface area contributed by atoms with E-state index >= 15 is 0 Å². The second-order valence-corrected chi connectivity index (χ2v) is 7.72. The second kappa shape index (κ2) is 12.6. The summed E-state index contributed by atoms with van der Waals surface area (Å²) in [5, 5.41) is 22.8. The first kappa shape index (κ1) is 24.3. The maximum atomic E-state index is 11.5. The molecule has 0 radical (unpaired) electrons. The van der Waals surface area contributed by atoms with Crippen molar-refractivity contribution < 1.29 is 24.5 Å². The largest absolute Gasteiger partial charge is 0.493 e. The van der Waals surface area contributed by atoms with Crippen LogP contribution in [0, 0.1) is 0 Å². The predicted molar refractivity (Wildman–Crippen MR) is 129 cm³/mol. The quantitative estimate of drug-likeness (QED) is 0.321. The summed E-state index contributed by atoms with van der Waals surface area (Å²) < 4.78 is 11.5. The molecule has 0 bridgehead atoms. The molecule has 0 amide bonds. The van der Waals surface area contributed by atoms with Gasteiger partial charge in [0.1, 0.15) is 23.7 Å². The molecule has 0 aliphatic rings. The molecular weight excluding hydrogens is 418 g/mol. The van der Waals surface area contributed by atoms with Gasteiger partial charge in [-0.05, 0) is 47.4 Å². The normalized spacial score (nSPS) is 11.7. The number of carboxylic acids is 1. The van der Waals surface area contributed by atoms with E-state index in [1.54, 1.807) is 18.2 Å². The summed E-state index contributed by atoms with van der Waals surface area (Å²) in [5.41, 5.74) is 2.88. The molecule has 0 saturated carbocycles. The molecule has 3 N–H and O–H groups in total. The van der Waals surface area contributed by atoms with Crippen LogP contribution in [0.3, 0.4) is 0 Å². The molecule has 3 rings (SSSR count). The van der Waals surface area contributed by atoms with Crippen LogP contribution in [-0.4, -0.2) is 42.5 Å². The van der Waals surface area contributed by atoms with Gasteiger partial charge in [-0.1, -0.05) is 61.9 Å². The molecule has 0 saturated heterocycles. The minimum absolute atomic E-state index is 0.166. The Hall–Kier alpha value is -3.35. The van der Waals surface area contributed by atoms with Crippen LogP contribution in [0.15, 0.2) is 72.8 Å². The molecule has 3 aromatic carbocycles. The highest BCUT2D eigenvalue weighted by Gasteiger charge is 2.13. The van der Waals surface area contributed by atoms with Crippen LogP contribution in [0.1, 0.15) is 41.8 Å². The van der Waals surface area contributed by atoms with Gasteiger partial charge >= 0.3 is 5.97 Å². The van der Waals surface area contributed by atoms with Crippen molar-refractivity contribution in [3.8, 4) is 22.6 Å². The third kappa shape index (κ3) is 7.34. The number of carbonyl (C=O) groups is 1. The number of unbranched alkanes of at least 4 members (excludes halogenated alkanes) is 1. The third-order valence-electron chi connectivity index (χ3n) is 5.22. The van der Waals surface area contributed by atoms with E-state index < -0.39 is 12.1 Å². The SMILES string of the molecule is CCCCOc1cc(-c2ccc(OCCNC[C@@H](O)c3ccccc3)cc2)ccc1C(=O)O. The highest BCUT2D eigenvalue weighted by Crippen LogP contribution is 2.29. The zero-order valence-electron chi connectivity index (χ0n) is 18.9. The van der Waals surface area contributed by atoms with Gasteiger partial charge in [-0.15, -0.1) is 0 Å². The van der Waals surface area contributed by atoms with Crippen LogP contribution >= 0.6 is 0 Å². The number of aromatic carboxylic acids is 1. The van der Waals surface area contributed by atoms with E-state index in [4.69, 9.17) is 9.47 Å². The first-order valence-corrected chi connectivity index (χ1v) is 11.3. The Morgan fingerprint density at radius 2 is 1.67 bits per heavy atom. The Bertz CT molecular complexity index is 1000. The van der Waals surface area contributed by atoms with Gasteiger partial charge in [0.2, 0.25) is 0 Å². The molecule has 1 atom stereocenters. The van der Waals surface area contributed by atoms with Crippen molar-refractivity contribution >= 4 is 5.97 Å². The van der Waals surface area contributed by atoms with Crippen LogP contribution in [0.5, 0.6) is 11.5 Å². The fourth-order valence-corrected chi connectivity index (χ4v) is 3.34. The Morgan fingerprint density at radius 3 is 2.36 bits per heavy atom. The van der Waals surface area contributed by atoms with Gasteiger partial charge in [-0.3, -0.25) is 0 Å². The van der Waals surface area contributed by atoms with Crippen molar-refractivity contribution in [3.05, 3.63) is 83.9 Å². The number of carboxylic acid groups (broad SMARTS) is 1. The lowest BCUT2D eigenvalue weighted by Crippen LogP contribution is -2.26. The summed E-state index contributed by atoms with van der Waals surface area (Å²) in [6.45, 7) is 4.10. The Balaban J connectivity index is 1.51. The molecule has 0 unspecified atom stereocenters. The van der Waals surface area contributed by atoms with Gasteiger partial charge in [0, 0.05) is 13.1 Å². The Labute approximate surface area is 194 Å². The number of benzene rings is 3. The molecular formula is C27H31NO5. The highest BCUT2D eigenvalue weighted by molar-refractivity contribution is 5.92. The number of aliphatic hydroxyl groups is 1. The average Bonchev–Trinajstić information content (AvgIpc) is 2.84. The van der Waals surface area contributed by atoms with Gasteiger partial charge in [0.25, 0.3) is 0 Å². The molecule has 0 spiro atoms. The van der Waals surface area contributed by atoms with Crippen molar-refractivity contribution in [2.24, 2.45) is 0 Å². The fourth-order valence-electron chi connectivity index (χ4n) is 3.34. The number of rotatable bonds is 13. The van der Waals surface area contributed by atoms with E-state index in [9.17, 15) is 15.0 Å². The van der Waals surface area contributed by atoms with E-state index in [1.807, 2.05) is 54.6 Å². The van der Waals surface area contributed by atoms with Crippen LogP contribution in [0.25, 0.3) is 11.1 Å². The zero-order chi connectivity index (χ0) is 23.5. The van der Waals surface area contributed by atoms with Crippen molar-refractivity contribution in [2.45, 2.75) is 25.9 Å². The van der Waals surface area contributed by atoms with Gasteiger partial charge in [-0.25, -0.2) is 4.79 Å². The fraction of sp³-hybridized carbons (Fsp3) is 0.296. The lowest BCUT2D eigenvalue weighted by Gasteiger charge is -2.13. The summed E-state index contributed by atoms with van der Waals surface area (Å²) in [6.07, 6.45) is 1.30. The number of hydrogen-bond acceptors (Lipinski definition) is 5.